The van der Waals surface area contributed by atoms with Gasteiger partial charge in [-0.05, 0) is 138 Å². The highest BCUT2D eigenvalue weighted by atomic mass is 16.8. The Morgan fingerprint density at radius 3 is 1.24 bits per heavy atom. The lowest BCUT2D eigenvalue weighted by molar-refractivity contribution is -0.341. The molecule has 0 aromatic rings. The summed E-state index contributed by atoms with van der Waals surface area (Å²) in [6.07, 6.45) is 12.1. The minimum absolute atomic E-state index is 0.00708. The van der Waals surface area contributed by atoms with Gasteiger partial charge in [0.05, 0.1) is 98.7 Å². The van der Waals surface area contributed by atoms with Crippen LogP contribution in [0.5, 0.6) is 0 Å². The van der Waals surface area contributed by atoms with Crippen molar-refractivity contribution in [2.24, 2.45) is 47.3 Å². The number of rotatable bonds is 15. The quantitative estimate of drug-likeness (QED) is 0.0655. The standard InChI is InChI=1S/C48H74O14.C47H72O14/c1-11-25(2)43-28(5)17-18-47(62-43)23-34-20-33(61-47)16-15-27(4)42(26(3)13-12-14-32-24-55-45-40(49)29(6)19-35(46(51)58-34)48(32,45)52)59-39-22-37(54-10)44(31(8)57-39)60-38-21-36(53-9)41(50)30(7)56-38;1-24(2)41-27(5)16-17-46(61-41)22-33-19-32(60-46)15-14-26(4)42(25(3)12-11-13-31-23-54-44-39(48)28(6)18-34(45(50)57-33)47(31,44)51)58-38-21-36(53-10)43(30(8)56-38)59-37-20-35(52-9)40(49)29(7)55-37/h12-15,19,25-26,28,30-31,33-45,49-50,52H,11,16-18,20-24H2,1-10H3;11-14,18,24-25,27,29-30,32-44,48-49,51H,15-17,19-23H2,1-10H3/t25-,26+,28+,30+,31+,33-,34+,35?,36+,37+,38+,39+,40-,41+,42+,43-,44+,45-,47-,48-;25-,27-,29-,30-,32+,33-,34?,35-,36-,37-,38-,39+,40-,41+,42-,43-,44+,46+,47+/m10/s1. The van der Waals surface area contributed by atoms with Gasteiger partial charge in [-0.3, -0.25) is 9.59 Å². The molecule has 14 aliphatic rings. The van der Waals surface area contributed by atoms with E-state index in [1.807, 2.05) is 38.2 Å². The molecule has 0 aromatic heterocycles. The van der Waals surface area contributed by atoms with E-state index in [1.165, 1.54) is 0 Å². The van der Waals surface area contributed by atoms with Crippen LogP contribution < -0.4 is 0 Å². The topological polar surface area (TPSA) is 340 Å². The van der Waals surface area contributed by atoms with E-state index in [9.17, 15) is 40.2 Å². The van der Waals surface area contributed by atoms with Crippen LogP contribution in [0.2, 0.25) is 0 Å². The fourth-order valence-electron chi connectivity index (χ4n) is 21.8. The van der Waals surface area contributed by atoms with Crippen LogP contribution in [0.3, 0.4) is 0 Å². The van der Waals surface area contributed by atoms with Crippen LogP contribution in [0.15, 0.2) is 94.2 Å². The van der Waals surface area contributed by atoms with E-state index in [-0.39, 0.29) is 67.6 Å². The largest absolute Gasteiger partial charge is 0.462 e. The summed E-state index contributed by atoms with van der Waals surface area (Å²) < 4.78 is 128. The monoisotopic (exact) mass is 1740 g/mol. The van der Waals surface area contributed by atoms with E-state index >= 15 is 0 Å². The molecule has 28 heteroatoms. The van der Waals surface area contributed by atoms with Gasteiger partial charge in [0.2, 0.25) is 0 Å². The van der Waals surface area contributed by atoms with Crippen molar-refractivity contribution in [3.05, 3.63) is 94.2 Å². The van der Waals surface area contributed by atoms with Crippen LogP contribution in [0.4, 0.5) is 0 Å². The van der Waals surface area contributed by atoms with Gasteiger partial charge < -0.3 is 125 Å². The molecule has 0 aromatic carbocycles. The lowest BCUT2D eigenvalue weighted by atomic mass is 9.71. The molecule has 0 radical (unpaired) electrons. The normalized spacial score (nSPS) is 47.3. The summed E-state index contributed by atoms with van der Waals surface area (Å²) in [7, 11) is 6.45. The number of ether oxygens (including phenoxy) is 20. The van der Waals surface area contributed by atoms with Crippen molar-refractivity contribution in [1.29, 1.82) is 0 Å². The van der Waals surface area contributed by atoms with Gasteiger partial charge in [0.1, 0.15) is 84.1 Å². The van der Waals surface area contributed by atoms with Gasteiger partial charge in [0, 0.05) is 104 Å². The van der Waals surface area contributed by atoms with Crippen LogP contribution in [0.1, 0.15) is 207 Å². The average molecular weight is 1740 g/mol. The van der Waals surface area contributed by atoms with E-state index in [0.717, 1.165) is 30.4 Å². The van der Waals surface area contributed by atoms with Crippen molar-refractivity contribution in [1.82, 2.24) is 0 Å². The summed E-state index contributed by atoms with van der Waals surface area (Å²) >= 11 is 0. The van der Waals surface area contributed by atoms with Crippen molar-refractivity contribution >= 4 is 11.9 Å². The Labute approximate surface area is 728 Å². The molecule has 0 saturated carbocycles. The second-order valence-corrected chi connectivity index (χ2v) is 38.6. The van der Waals surface area contributed by atoms with Gasteiger partial charge in [-0.15, -0.1) is 0 Å². The summed E-state index contributed by atoms with van der Waals surface area (Å²) in [6, 6.07) is 0. The fraction of sp³-hybridized carbons (Fsp3) is 0.811. The third kappa shape index (κ3) is 20.8. The molecule has 2 aliphatic carbocycles. The smallest absolute Gasteiger partial charge is 0.316 e. The zero-order valence-electron chi connectivity index (χ0n) is 76.2. The van der Waals surface area contributed by atoms with Crippen LogP contribution in [-0.4, -0.2) is 279 Å². The van der Waals surface area contributed by atoms with Gasteiger partial charge >= 0.3 is 11.9 Å². The van der Waals surface area contributed by atoms with Crippen LogP contribution >= 0.6 is 0 Å². The maximum atomic E-state index is 14.4. The lowest BCUT2D eigenvalue weighted by Gasteiger charge is -2.51. The molecule has 12 heterocycles. The highest BCUT2D eigenvalue weighted by molar-refractivity contribution is 5.79. The van der Waals surface area contributed by atoms with Crippen molar-refractivity contribution in [2.45, 2.75) is 402 Å². The Balaban J connectivity index is 0.000000212. The average Bonchev–Trinajstić information content (AvgIpc) is 1.61. The Bertz CT molecular complexity index is 3810. The van der Waals surface area contributed by atoms with Gasteiger partial charge in [0.15, 0.2) is 36.7 Å². The van der Waals surface area contributed by atoms with Gasteiger partial charge in [-0.25, -0.2) is 0 Å². The zero-order valence-corrected chi connectivity index (χ0v) is 76.2. The third-order valence-electron chi connectivity index (χ3n) is 29.3. The highest BCUT2D eigenvalue weighted by Gasteiger charge is 2.63. The summed E-state index contributed by atoms with van der Waals surface area (Å²) in [5.74, 6) is -4.25. The summed E-state index contributed by atoms with van der Waals surface area (Å²) in [5, 5.41) is 68.4. The minimum atomic E-state index is -1.82. The van der Waals surface area contributed by atoms with Crippen molar-refractivity contribution in [3.8, 4) is 0 Å². The van der Waals surface area contributed by atoms with E-state index in [2.05, 4.69) is 81.4 Å². The first-order valence-electron chi connectivity index (χ1n) is 45.8. The number of aliphatic hydroxyl groups is 6. The molecule has 4 bridgehead atoms. The molecular formula is C95H146O28. The second-order valence-electron chi connectivity index (χ2n) is 38.6. The lowest BCUT2D eigenvalue weighted by Crippen LogP contribution is -2.58. The Morgan fingerprint density at radius 1 is 0.472 bits per heavy atom. The van der Waals surface area contributed by atoms with Crippen molar-refractivity contribution < 1.29 is 135 Å². The van der Waals surface area contributed by atoms with Crippen LogP contribution in [0.25, 0.3) is 0 Å². The van der Waals surface area contributed by atoms with E-state index in [1.54, 1.807) is 80.4 Å². The zero-order chi connectivity index (χ0) is 88.6. The maximum absolute atomic E-state index is 14.4. The number of carbonyl (C=O) groups is 2. The van der Waals surface area contributed by atoms with Crippen LogP contribution in [0, 0.1) is 47.3 Å². The number of methoxy groups -OCH3 is 4. The predicted octanol–water partition coefficient (Wildman–Crippen LogP) is 10.8. The van der Waals surface area contributed by atoms with Gasteiger partial charge in [-0.1, -0.05) is 123 Å². The van der Waals surface area contributed by atoms with E-state index in [4.69, 9.17) is 94.7 Å². The molecule has 2 unspecified atom stereocenters. The molecule has 0 amide bonds. The Kier molecular flexibility index (Phi) is 31.9. The number of fused-ring (bicyclic) bond motifs is 4. The fourth-order valence-corrected chi connectivity index (χ4v) is 21.8. The molecule has 12 aliphatic heterocycles. The first-order chi connectivity index (χ1) is 58.5. The number of esters is 2. The van der Waals surface area contributed by atoms with E-state index < -0.39 is 182 Å². The molecule has 39 atom stereocenters. The van der Waals surface area contributed by atoms with Gasteiger partial charge in [0.25, 0.3) is 0 Å². The van der Waals surface area contributed by atoms with Crippen LogP contribution in [-0.2, 0) is 104 Å². The second kappa shape index (κ2) is 40.7. The minimum Gasteiger partial charge on any atom is -0.462 e. The van der Waals surface area contributed by atoms with Gasteiger partial charge in [-0.2, -0.15) is 0 Å². The molecule has 694 valence electrons. The maximum Gasteiger partial charge on any atom is 0.316 e. The Hall–Kier alpha value is -4.10. The molecule has 6 N–H and O–H groups in total. The molecule has 123 heavy (non-hydrogen) atoms. The first kappa shape index (κ1) is 96.5. The third-order valence-corrected chi connectivity index (χ3v) is 29.3. The van der Waals surface area contributed by atoms with Crippen molar-refractivity contribution in [2.75, 3.05) is 41.7 Å². The molecule has 10 saturated heterocycles. The molecular weight excluding hydrogens is 1590 g/mol. The Morgan fingerprint density at radius 2 is 0.846 bits per heavy atom. The molecule has 14 rings (SSSR count). The number of hydrogen-bond acceptors (Lipinski definition) is 28. The van der Waals surface area contributed by atoms with E-state index in [0.29, 0.717) is 117 Å². The molecule has 2 spiro atoms. The summed E-state index contributed by atoms with van der Waals surface area (Å²) in [6.45, 7) is 32.5. The summed E-state index contributed by atoms with van der Waals surface area (Å²) in [4.78, 5) is 28.7. The predicted molar refractivity (Wildman–Crippen MR) is 450 cm³/mol. The summed E-state index contributed by atoms with van der Waals surface area (Å²) in [5.41, 5.74) is 0.372. The number of hydrogen-bond donors (Lipinski definition) is 6. The number of aliphatic hydroxyl groups excluding tert-OH is 4. The molecule has 28 nitrogen and oxygen atoms in total. The highest BCUT2D eigenvalue weighted by Crippen LogP contribution is 2.52. The van der Waals surface area contributed by atoms with Crippen molar-refractivity contribution in [3.63, 3.8) is 0 Å². The first-order valence-corrected chi connectivity index (χ1v) is 45.8. The number of allylic oxidation sites excluding steroid dienone is 4. The number of carbonyl (C=O) groups excluding carboxylic acids is 2. The molecule has 10 fully saturated rings. The SMILES string of the molecule is CC[C@@H](C)[C@H]1O[C@]2(CC[C@@H]1C)C[C@@H]1C[C@@H](CC=C(C)[C@@H](O[C@H]3C[C@H](OC)[C@@H](O[C@H]4C[C@H](OC)[C@@H](O)[C@H](C)O4)[C@H](C)O3)[C@@H](C)C=CC=C3CO[C@@H]4[C@H](O)C(C)=CC(C(=O)O1)[C@]34O)O2.CO[C@H]1C[C@H](O[C@H]2[C@H](C)O[C@@H](O[C@@H]3C(C)=CC[C@@H]4C[C@@H](C[C@]5(CC[C@H](C)[C@@H](C(C)C)O5)O4)OC(=O)C4C=C(C)[C@@H](O)[C@H]5OCC(=CC=C[C@@H]3C)[C@@]45O)C[C@@H]2OC)O[C@@H](C)[C@@H]1O.